The van der Waals surface area contributed by atoms with Gasteiger partial charge in [-0.25, -0.2) is 9.97 Å². The predicted molar refractivity (Wildman–Crippen MR) is 95.3 cm³/mol. The molecule has 6 nitrogen and oxygen atoms in total. The fourth-order valence-corrected chi connectivity index (χ4v) is 3.54. The normalized spacial score (nSPS) is 17.8. The smallest absolute Gasteiger partial charge is 0.274 e. The molecule has 4 rings (SSSR count). The summed E-state index contributed by atoms with van der Waals surface area (Å²) < 4.78 is 2.21. The fourth-order valence-electron chi connectivity index (χ4n) is 3.54. The average Bonchev–Trinajstić information content (AvgIpc) is 3.16. The molecular formula is C19H21N5O. The highest BCUT2D eigenvalue weighted by Gasteiger charge is 2.27. The Balaban J connectivity index is 1.56. The molecule has 0 spiro atoms. The van der Waals surface area contributed by atoms with Gasteiger partial charge in [-0.3, -0.25) is 9.78 Å². The van der Waals surface area contributed by atoms with Gasteiger partial charge in [-0.2, -0.15) is 0 Å². The zero-order chi connectivity index (χ0) is 17.2. The summed E-state index contributed by atoms with van der Waals surface area (Å²) in [5.41, 5.74) is 1.98. The molecule has 1 aromatic carbocycles. The van der Waals surface area contributed by atoms with Crippen molar-refractivity contribution in [2.45, 2.75) is 32.2 Å². The predicted octanol–water partition coefficient (Wildman–Crippen LogP) is 2.87. The second kappa shape index (κ2) is 6.63. The van der Waals surface area contributed by atoms with Crippen molar-refractivity contribution in [1.29, 1.82) is 0 Å². The van der Waals surface area contributed by atoms with Gasteiger partial charge in [-0.1, -0.05) is 19.1 Å². The third-order valence-electron chi connectivity index (χ3n) is 4.81. The van der Waals surface area contributed by atoms with Crippen molar-refractivity contribution in [2.75, 3.05) is 13.1 Å². The average molecular weight is 335 g/mol. The van der Waals surface area contributed by atoms with E-state index in [-0.39, 0.29) is 11.9 Å². The number of nitrogens with zero attached hydrogens (tertiary/aromatic N) is 5. The molecule has 6 heteroatoms. The molecular weight excluding hydrogens is 314 g/mol. The van der Waals surface area contributed by atoms with E-state index in [4.69, 9.17) is 0 Å². The summed E-state index contributed by atoms with van der Waals surface area (Å²) in [5, 5.41) is 0. The fraction of sp³-hybridized carbons (Fsp3) is 0.368. The van der Waals surface area contributed by atoms with Crippen molar-refractivity contribution in [1.82, 2.24) is 24.4 Å². The lowest BCUT2D eigenvalue weighted by Gasteiger charge is -2.33. The first-order chi connectivity index (χ1) is 12.3. The molecule has 0 radical (unpaired) electrons. The number of imidazole rings is 1. The van der Waals surface area contributed by atoms with Gasteiger partial charge in [0.2, 0.25) is 0 Å². The molecule has 1 aliphatic heterocycles. The van der Waals surface area contributed by atoms with Crippen LogP contribution in [0.25, 0.3) is 11.0 Å². The molecule has 0 unspecified atom stereocenters. The van der Waals surface area contributed by atoms with Gasteiger partial charge in [0, 0.05) is 31.9 Å². The minimum Gasteiger partial charge on any atom is -0.335 e. The molecule has 0 aliphatic carbocycles. The molecule has 0 N–H and O–H groups in total. The number of carbonyl (C=O) groups is 1. The number of piperidine rings is 1. The summed E-state index contributed by atoms with van der Waals surface area (Å²) in [6.45, 7) is 3.56. The number of aryl methyl sites for hydroxylation is 1. The monoisotopic (exact) mass is 335 g/mol. The van der Waals surface area contributed by atoms with Crippen LogP contribution in [-0.4, -0.2) is 43.4 Å². The number of hydrogen-bond acceptors (Lipinski definition) is 4. The summed E-state index contributed by atoms with van der Waals surface area (Å²) in [5.74, 6) is 1.03. The lowest BCUT2D eigenvalue weighted by molar-refractivity contribution is 0.0672. The maximum absolute atomic E-state index is 12.9. The lowest BCUT2D eigenvalue weighted by Crippen LogP contribution is -2.41. The molecule has 0 bridgehead atoms. The Hall–Kier alpha value is -2.76. The first kappa shape index (κ1) is 15.7. The van der Waals surface area contributed by atoms with Crippen molar-refractivity contribution in [3.63, 3.8) is 0 Å². The standard InChI is InChI=1S/C19H21N5O/c1-2-18-20-9-11-24(18)14-6-5-10-23(13-14)19(25)17-12-21-15-7-3-4-8-16(15)22-17/h3-4,7-9,11-12,14H,2,5-6,10,13H2,1H3/t14-/m1/s1. The quantitative estimate of drug-likeness (QED) is 0.738. The molecule has 1 aliphatic rings. The van der Waals surface area contributed by atoms with Crippen LogP contribution in [0, 0.1) is 0 Å². The second-order valence-electron chi connectivity index (χ2n) is 6.40. The highest BCUT2D eigenvalue weighted by molar-refractivity contribution is 5.93. The van der Waals surface area contributed by atoms with Gasteiger partial charge in [0.05, 0.1) is 23.3 Å². The SMILES string of the molecule is CCc1nccn1[C@@H]1CCCN(C(=O)c2cnc3ccccc3n2)C1. The number of hydrogen-bond donors (Lipinski definition) is 0. The summed E-state index contributed by atoms with van der Waals surface area (Å²) in [4.78, 5) is 28.1. The molecule has 1 amide bonds. The van der Waals surface area contributed by atoms with E-state index in [2.05, 4.69) is 26.4 Å². The molecule has 2 aromatic heterocycles. The minimum absolute atomic E-state index is 0.0406. The van der Waals surface area contributed by atoms with Gasteiger partial charge in [-0.05, 0) is 25.0 Å². The topological polar surface area (TPSA) is 63.9 Å². The molecule has 25 heavy (non-hydrogen) atoms. The third kappa shape index (κ3) is 2.99. The summed E-state index contributed by atoms with van der Waals surface area (Å²) in [7, 11) is 0. The molecule has 1 atom stereocenters. The van der Waals surface area contributed by atoms with Crippen LogP contribution in [0.1, 0.15) is 42.1 Å². The number of carbonyl (C=O) groups excluding carboxylic acids is 1. The van der Waals surface area contributed by atoms with Gasteiger partial charge in [0.25, 0.3) is 5.91 Å². The highest BCUT2D eigenvalue weighted by atomic mass is 16.2. The first-order valence-electron chi connectivity index (χ1n) is 8.79. The van der Waals surface area contributed by atoms with E-state index in [0.29, 0.717) is 12.2 Å². The van der Waals surface area contributed by atoms with E-state index in [1.54, 1.807) is 6.20 Å². The second-order valence-corrected chi connectivity index (χ2v) is 6.40. The van der Waals surface area contributed by atoms with Crippen LogP contribution in [0.4, 0.5) is 0 Å². The molecule has 1 fully saturated rings. The first-order valence-corrected chi connectivity index (χ1v) is 8.79. The van der Waals surface area contributed by atoms with Crippen molar-refractivity contribution in [3.05, 3.63) is 54.4 Å². The van der Waals surface area contributed by atoms with E-state index in [0.717, 1.165) is 42.7 Å². The maximum atomic E-state index is 12.9. The number of amides is 1. The zero-order valence-corrected chi connectivity index (χ0v) is 14.3. The van der Waals surface area contributed by atoms with Crippen LogP contribution in [0.15, 0.2) is 42.9 Å². The van der Waals surface area contributed by atoms with Gasteiger partial charge in [0.1, 0.15) is 11.5 Å². The van der Waals surface area contributed by atoms with E-state index in [1.807, 2.05) is 41.6 Å². The lowest BCUT2D eigenvalue weighted by atomic mass is 10.0. The number of benzene rings is 1. The Kier molecular flexibility index (Phi) is 4.17. The molecule has 0 saturated carbocycles. The van der Waals surface area contributed by atoms with E-state index >= 15 is 0 Å². The van der Waals surface area contributed by atoms with E-state index in [1.165, 1.54) is 0 Å². The van der Waals surface area contributed by atoms with E-state index < -0.39 is 0 Å². The number of likely N-dealkylation sites (tertiary alicyclic amines) is 1. The van der Waals surface area contributed by atoms with Crippen molar-refractivity contribution < 1.29 is 4.79 Å². The maximum Gasteiger partial charge on any atom is 0.274 e. The molecule has 3 aromatic rings. The van der Waals surface area contributed by atoms with Crippen LogP contribution in [0.2, 0.25) is 0 Å². The number of para-hydroxylation sites is 2. The van der Waals surface area contributed by atoms with Gasteiger partial charge in [-0.15, -0.1) is 0 Å². The van der Waals surface area contributed by atoms with Gasteiger partial charge in [0.15, 0.2) is 0 Å². The van der Waals surface area contributed by atoms with Gasteiger partial charge < -0.3 is 9.47 Å². The third-order valence-corrected chi connectivity index (χ3v) is 4.81. The van der Waals surface area contributed by atoms with Crippen LogP contribution < -0.4 is 0 Å². The Morgan fingerprint density at radius 1 is 1.24 bits per heavy atom. The highest BCUT2D eigenvalue weighted by Crippen LogP contribution is 2.24. The van der Waals surface area contributed by atoms with Crippen LogP contribution in [0.3, 0.4) is 0 Å². The Morgan fingerprint density at radius 2 is 2.08 bits per heavy atom. The zero-order valence-electron chi connectivity index (χ0n) is 14.3. The van der Waals surface area contributed by atoms with Crippen LogP contribution >= 0.6 is 0 Å². The Morgan fingerprint density at radius 3 is 2.92 bits per heavy atom. The van der Waals surface area contributed by atoms with Crippen LogP contribution in [0.5, 0.6) is 0 Å². The summed E-state index contributed by atoms with van der Waals surface area (Å²) in [6, 6.07) is 7.90. The number of fused-ring (bicyclic) bond motifs is 1. The van der Waals surface area contributed by atoms with Crippen molar-refractivity contribution in [2.24, 2.45) is 0 Å². The van der Waals surface area contributed by atoms with Gasteiger partial charge >= 0.3 is 0 Å². The van der Waals surface area contributed by atoms with Crippen molar-refractivity contribution >= 4 is 16.9 Å². The summed E-state index contributed by atoms with van der Waals surface area (Å²) in [6.07, 6.45) is 8.40. The van der Waals surface area contributed by atoms with Crippen molar-refractivity contribution in [3.8, 4) is 0 Å². The molecule has 1 saturated heterocycles. The van der Waals surface area contributed by atoms with Crippen LogP contribution in [-0.2, 0) is 6.42 Å². The summed E-state index contributed by atoms with van der Waals surface area (Å²) >= 11 is 0. The number of rotatable bonds is 3. The Labute approximate surface area is 146 Å². The molecule has 128 valence electrons. The number of aromatic nitrogens is 4. The van der Waals surface area contributed by atoms with E-state index in [9.17, 15) is 4.79 Å². The largest absolute Gasteiger partial charge is 0.335 e. The molecule has 3 heterocycles. The Bertz CT molecular complexity index is 903. The minimum atomic E-state index is -0.0406.